The van der Waals surface area contributed by atoms with Gasteiger partial charge in [-0.2, -0.15) is 0 Å². The first-order chi connectivity index (χ1) is 7.75. The highest BCUT2D eigenvalue weighted by Gasteiger charge is 2.14. The van der Waals surface area contributed by atoms with E-state index < -0.39 is 0 Å². The lowest BCUT2D eigenvalue weighted by Crippen LogP contribution is -1.91. The van der Waals surface area contributed by atoms with E-state index in [1.165, 1.54) is 27.7 Å². The van der Waals surface area contributed by atoms with E-state index in [1.807, 2.05) is 0 Å². The average Bonchev–Trinajstić information content (AvgIpc) is 2.78. The van der Waals surface area contributed by atoms with Gasteiger partial charge in [-0.15, -0.1) is 0 Å². The molecule has 0 saturated heterocycles. The molecule has 0 atom stereocenters. The fourth-order valence-corrected chi connectivity index (χ4v) is 2.38. The third-order valence-electron chi connectivity index (χ3n) is 3.04. The Hall–Kier alpha value is -1.76. The summed E-state index contributed by atoms with van der Waals surface area (Å²) in [6, 6.07) is 10.9. The molecule has 0 spiro atoms. The highest BCUT2D eigenvalue weighted by molar-refractivity contribution is 5.89. The Kier molecular flexibility index (Phi) is 2.00. The Morgan fingerprint density at radius 2 is 2.06 bits per heavy atom. The zero-order valence-electron chi connectivity index (χ0n) is 9.70. The Bertz CT molecular complexity index is 607. The van der Waals surface area contributed by atoms with Gasteiger partial charge in [0.15, 0.2) is 0 Å². The van der Waals surface area contributed by atoms with E-state index in [9.17, 15) is 0 Å². The van der Waals surface area contributed by atoms with Crippen LogP contribution in [0.15, 0.2) is 48.1 Å². The van der Waals surface area contributed by atoms with E-state index in [-0.39, 0.29) is 0 Å². The summed E-state index contributed by atoms with van der Waals surface area (Å²) in [4.78, 5) is 0. The lowest BCUT2D eigenvalue weighted by atomic mass is 10.1. The molecule has 2 aromatic rings. The molecule has 0 N–H and O–H groups in total. The summed E-state index contributed by atoms with van der Waals surface area (Å²) >= 11 is 0. The third-order valence-corrected chi connectivity index (χ3v) is 3.04. The first kappa shape index (κ1) is 9.46. The summed E-state index contributed by atoms with van der Waals surface area (Å²) in [5.74, 6) is 0. The summed E-state index contributed by atoms with van der Waals surface area (Å²) in [5, 5.41) is 1.34. The van der Waals surface area contributed by atoms with Crippen LogP contribution in [0.1, 0.15) is 19.5 Å². The molecule has 1 aliphatic heterocycles. The minimum Gasteiger partial charge on any atom is -0.337 e. The molecule has 80 valence electrons. The van der Waals surface area contributed by atoms with Crippen LogP contribution in [0.2, 0.25) is 0 Å². The molecular formula is C15H15N. The molecule has 0 aliphatic carbocycles. The zero-order valence-corrected chi connectivity index (χ0v) is 9.70. The van der Waals surface area contributed by atoms with Crippen molar-refractivity contribution in [2.75, 3.05) is 0 Å². The zero-order chi connectivity index (χ0) is 11.1. The van der Waals surface area contributed by atoms with Gasteiger partial charge in [-0.05, 0) is 31.6 Å². The lowest BCUT2D eigenvalue weighted by Gasteiger charge is -2.00. The molecule has 0 radical (unpaired) electrons. The van der Waals surface area contributed by atoms with Crippen LogP contribution >= 0.6 is 0 Å². The van der Waals surface area contributed by atoms with E-state index in [4.69, 9.17) is 0 Å². The number of para-hydroxylation sites is 1. The molecule has 1 nitrogen and oxygen atoms in total. The number of hydrogen-bond donors (Lipinski definition) is 0. The van der Waals surface area contributed by atoms with Crippen molar-refractivity contribution in [2.45, 2.75) is 20.4 Å². The number of benzene rings is 1. The molecule has 0 fully saturated rings. The van der Waals surface area contributed by atoms with Crippen molar-refractivity contribution in [1.82, 2.24) is 4.57 Å². The summed E-state index contributed by atoms with van der Waals surface area (Å²) in [6.45, 7) is 5.29. The van der Waals surface area contributed by atoms with Crippen molar-refractivity contribution in [2.24, 2.45) is 0 Å². The summed E-state index contributed by atoms with van der Waals surface area (Å²) in [5.41, 5.74) is 5.40. The second-order valence-corrected chi connectivity index (χ2v) is 4.58. The van der Waals surface area contributed by atoms with Crippen LogP contribution < -0.4 is 0 Å². The molecule has 16 heavy (non-hydrogen) atoms. The molecule has 1 aromatic heterocycles. The molecule has 1 aromatic carbocycles. The van der Waals surface area contributed by atoms with Gasteiger partial charge in [0.2, 0.25) is 0 Å². The minimum atomic E-state index is 1.00. The predicted octanol–water partition coefficient (Wildman–Crippen LogP) is 4.00. The van der Waals surface area contributed by atoms with E-state index in [2.05, 4.69) is 60.9 Å². The summed E-state index contributed by atoms with van der Waals surface area (Å²) in [6.07, 6.45) is 4.56. The van der Waals surface area contributed by atoms with Gasteiger partial charge in [0.25, 0.3) is 0 Å². The van der Waals surface area contributed by atoms with Gasteiger partial charge in [-0.1, -0.05) is 35.9 Å². The number of rotatable bonds is 1. The van der Waals surface area contributed by atoms with Crippen molar-refractivity contribution in [3.8, 4) is 0 Å². The van der Waals surface area contributed by atoms with Crippen molar-refractivity contribution in [1.29, 1.82) is 0 Å². The van der Waals surface area contributed by atoms with Gasteiger partial charge in [0, 0.05) is 23.1 Å². The largest absolute Gasteiger partial charge is 0.337 e. The van der Waals surface area contributed by atoms with Gasteiger partial charge in [-0.3, -0.25) is 0 Å². The molecule has 0 unspecified atom stereocenters. The summed E-state index contributed by atoms with van der Waals surface area (Å²) < 4.78 is 2.38. The molecule has 2 heterocycles. The van der Waals surface area contributed by atoms with Crippen LogP contribution in [0.4, 0.5) is 0 Å². The quantitative estimate of drug-likeness (QED) is 0.669. The van der Waals surface area contributed by atoms with Crippen LogP contribution in [-0.4, -0.2) is 4.57 Å². The number of aromatic nitrogens is 1. The molecule has 0 saturated carbocycles. The van der Waals surface area contributed by atoms with Crippen molar-refractivity contribution < 1.29 is 0 Å². The Balaban J connectivity index is 2.20. The maximum absolute atomic E-state index is 2.38. The third kappa shape index (κ3) is 1.32. The number of fused-ring (bicyclic) bond motifs is 3. The lowest BCUT2D eigenvalue weighted by molar-refractivity contribution is 0.882. The van der Waals surface area contributed by atoms with Gasteiger partial charge in [-0.25, -0.2) is 0 Å². The predicted molar refractivity (Wildman–Crippen MR) is 69.3 cm³/mol. The molecule has 0 bridgehead atoms. The van der Waals surface area contributed by atoms with Crippen molar-refractivity contribution in [3.63, 3.8) is 0 Å². The maximum Gasteiger partial charge on any atom is 0.0491 e. The molecule has 0 amide bonds. The van der Waals surface area contributed by atoms with Crippen LogP contribution in [0.3, 0.4) is 0 Å². The Morgan fingerprint density at radius 3 is 2.88 bits per heavy atom. The maximum atomic E-state index is 2.38. The average molecular weight is 209 g/mol. The SMILES string of the molecule is CC(C)=CC1=CCn2c1cc1ccccc12. The van der Waals surface area contributed by atoms with E-state index in [0.717, 1.165) is 6.54 Å². The minimum absolute atomic E-state index is 1.00. The van der Waals surface area contributed by atoms with Crippen molar-refractivity contribution in [3.05, 3.63) is 53.8 Å². The monoisotopic (exact) mass is 209 g/mol. The van der Waals surface area contributed by atoms with Gasteiger partial charge in [0.1, 0.15) is 0 Å². The van der Waals surface area contributed by atoms with Crippen molar-refractivity contribution >= 4 is 16.5 Å². The van der Waals surface area contributed by atoms with E-state index in [0.29, 0.717) is 0 Å². The van der Waals surface area contributed by atoms with E-state index >= 15 is 0 Å². The topological polar surface area (TPSA) is 4.93 Å². The van der Waals surface area contributed by atoms with Crippen LogP contribution in [-0.2, 0) is 6.54 Å². The number of allylic oxidation sites excluding steroid dienone is 4. The van der Waals surface area contributed by atoms with Crippen LogP contribution in [0.25, 0.3) is 16.5 Å². The Labute approximate surface area is 95.7 Å². The second-order valence-electron chi connectivity index (χ2n) is 4.58. The first-order valence-corrected chi connectivity index (χ1v) is 5.69. The highest BCUT2D eigenvalue weighted by atomic mass is 15.0. The fraction of sp³-hybridized carbons (Fsp3) is 0.200. The number of hydrogen-bond acceptors (Lipinski definition) is 0. The molecule has 1 aliphatic rings. The van der Waals surface area contributed by atoms with Gasteiger partial charge in [0.05, 0.1) is 0 Å². The second kappa shape index (κ2) is 3.38. The highest BCUT2D eigenvalue weighted by Crippen LogP contribution is 2.30. The summed E-state index contributed by atoms with van der Waals surface area (Å²) in [7, 11) is 0. The normalized spacial score (nSPS) is 13.8. The van der Waals surface area contributed by atoms with E-state index in [1.54, 1.807) is 0 Å². The van der Waals surface area contributed by atoms with Crippen LogP contribution in [0, 0.1) is 0 Å². The Morgan fingerprint density at radius 1 is 1.25 bits per heavy atom. The molecule has 3 rings (SSSR count). The first-order valence-electron chi connectivity index (χ1n) is 5.69. The van der Waals surface area contributed by atoms with Gasteiger partial charge >= 0.3 is 0 Å². The van der Waals surface area contributed by atoms with Gasteiger partial charge < -0.3 is 4.57 Å². The molecule has 1 heteroatoms. The smallest absolute Gasteiger partial charge is 0.0491 e. The fourth-order valence-electron chi connectivity index (χ4n) is 2.38. The molecular weight excluding hydrogens is 194 g/mol. The van der Waals surface area contributed by atoms with Crippen LogP contribution in [0.5, 0.6) is 0 Å². The standard InChI is InChI=1S/C15H15N/c1-11(2)9-13-7-8-16-14-6-4-3-5-12(14)10-15(13)16/h3-7,9-10H,8H2,1-2H3. The number of nitrogens with zero attached hydrogens (tertiary/aromatic N) is 1.